The SMILES string of the molecule is [CH2-]C.[CH2]=[Al][N]1C=C[N]([Al])[CH-]1.[Cl][Ru]=[C]1C=C(c2ccccc2)c2ccccc21.c1ccc([PH+](c2ccccc2)c2ccccc2)cc1. The van der Waals surface area contributed by atoms with Gasteiger partial charge in [0.1, 0.15) is 15.9 Å². The molecule has 1 heterocycles. The van der Waals surface area contributed by atoms with Gasteiger partial charge in [-0.2, -0.15) is 6.92 Å². The molecule has 7 rings (SSSR count). The fourth-order valence-corrected chi connectivity index (χ4v) is 9.88. The summed E-state index contributed by atoms with van der Waals surface area (Å²) in [6, 6.07) is 51.5. The molecule has 0 aromatic heterocycles. The number of allylic oxidation sites excluding steroid dienone is 1. The molecule has 2 nitrogen and oxygen atoms in total. The fraction of sp³-hybridized carbons (Fsp3) is 0.0256. The molecule has 0 unspecified atom stereocenters. The maximum Gasteiger partial charge on any atom is 0.102 e. The van der Waals surface area contributed by atoms with Crippen LogP contribution < -0.4 is 15.9 Å². The first-order chi connectivity index (χ1) is 22.7. The Kier molecular flexibility index (Phi) is 15.6. The largest absolute Gasteiger partial charge is 0.102 e. The van der Waals surface area contributed by atoms with Gasteiger partial charge in [-0.05, 0) is 36.4 Å². The normalized spacial score (nSPS) is 13.5. The molecule has 0 atom stereocenters. The molecular formula is C39H36Al2ClN2PRu-. The summed E-state index contributed by atoms with van der Waals surface area (Å²) in [5, 5.41) is 8.10. The molecule has 2 radical (unpaired) electrons. The second-order valence-corrected chi connectivity index (χ2v) is 15.9. The number of nitrogens with zero attached hydrogens (tertiary/aromatic N) is 2. The number of fused-ring (bicyclic) bond motifs is 1. The molecular weight excluding hydrogens is 718 g/mol. The van der Waals surface area contributed by atoms with E-state index in [4.69, 9.17) is 9.69 Å². The topological polar surface area (TPSA) is 6.48 Å². The Bertz CT molecular complexity index is 1640. The van der Waals surface area contributed by atoms with Crippen molar-refractivity contribution >= 4 is 80.1 Å². The zero-order chi connectivity index (χ0) is 32.6. The van der Waals surface area contributed by atoms with E-state index in [1.165, 1.54) is 42.3 Å². The number of hydrogen-bond donors (Lipinski definition) is 0. The average molecular weight is 754 g/mol. The Labute approximate surface area is 302 Å². The Morgan fingerprint density at radius 2 is 1.11 bits per heavy atom. The number of rotatable bonds is 5. The van der Waals surface area contributed by atoms with Crippen LogP contribution in [0, 0.1) is 13.6 Å². The van der Waals surface area contributed by atoms with E-state index in [0.717, 1.165) is 0 Å². The first kappa shape index (κ1) is 36.2. The average Bonchev–Trinajstić information content (AvgIpc) is 3.75. The standard InChI is InChI=1S/C18H15P.C15H10.C3H3N2.C2H5.CH2.2Al.ClH.Ru/c1-4-10-16(11-5-1)19(17-12-6-2-7-13-17)18-14-8-3-9-15-18;1-2-6-12(7-3-1)15-11-10-13-8-4-5-9-14(13)15;1-2-5-3-4-1;1-2;;;;;/h1-15H;1-9,11H;1-3H;1H2,2H3;1H2;;;1H;/q;;-3;-1;;2*+1;;+1. The van der Waals surface area contributed by atoms with Crippen LogP contribution in [-0.2, 0) is 15.7 Å². The van der Waals surface area contributed by atoms with Crippen molar-refractivity contribution in [3.63, 3.8) is 0 Å². The third-order valence-electron chi connectivity index (χ3n) is 6.97. The summed E-state index contributed by atoms with van der Waals surface area (Å²) in [6.45, 7) is 6.99. The maximum absolute atomic E-state index is 6.10. The summed E-state index contributed by atoms with van der Waals surface area (Å²) in [6.07, 6.45) is 6.23. The molecule has 2 aliphatic rings. The molecule has 7 heteroatoms. The molecule has 0 N–H and O–H groups in total. The zero-order valence-corrected chi connectivity index (χ0v) is 31.7. The molecule has 229 valence electrons. The van der Waals surface area contributed by atoms with Gasteiger partial charge in [-0.15, -0.1) is 0 Å². The zero-order valence-electron chi connectivity index (χ0n) is 25.9. The molecule has 1 aliphatic heterocycles. The summed E-state index contributed by atoms with van der Waals surface area (Å²) in [5.74, 6) is 0. The van der Waals surface area contributed by atoms with Crippen molar-refractivity contribution in [2.75, 3.05) is 0 Å². The van der Waals surface area contributed by atoms with Gasteiger partial charge in [-0.1, -0.05) is 54.6 Å². The predicted molar refractivity (Wildman–Crippen MR) is 203 cm³/mol. The van der Waals surface area contributed by atoms with E-state index >= 15 is 0 Å². The second-order valence-electron chi connectivity index (χ2n) is 9.83. The Hall–Kier alpha value is -2.67. The smallest absolute Gasteiger partial charge is 0.0620 e. The van der Waals surface area contributed by atoms with Crippen LogP contribution in [0.2, 0.25) is 0 Å². The van der Waals surface area contributed by atoms with Crippen LogP contribution in [0.25, 0.3) is 5.57 Å². The Morgan fingerprint density at radius 1 is 0.674 bits per heavy atom. The van der Waals surface area contributed by atoms with E-state index < -0.39 is 7.92 Å². The second kappa shape index (κ2) is 19.9. The predicted octanol–water partition coefficient (Wildman–Crippen LogP) is 7.24. The van der Waals surface area contributed by atoms with Gasteiger partial charge in [0.2, 0.25) is 0 Å². The molecule has 1 aliphatic carbocycles. The monoisotopic (exact) mass is 754 g/mol. The minimum absolute atomic E-state index is 0.164. The van der Waals surface area contributed by atoms with Crippen molar-refractivity contribution in [2.45, 2.75) is 6.92 Å². The molecule has 0 spiro atoms. The summed E-state index contributed by atoms with van der Waals surface area (Å²) in [7, 11) is 5.22. The quantitative estimate of drug-likeness (QED) is 0.106. The summed E-state index contributed by atoms with van der Waals surface area (Å²) >= 11 is 2.51. The van der Waals surface area contributed by atoms with E-state index in [2.05, 4.69) is 178 Å². The van der Waals surface area contributed by atoms with Crippen LogP contribution in [0.3, 0.4) is 0 Å². The first-order valence-corrected chi connectivity index (χ1v) is 21.3. The van der Waals surface area contributed by atoms with Gasteiger partial charge in [-0.3, -0.25) is 0 Å². The first-order valence-electron chi connectivity index (χ1n) is 14.9. The van der Waals surface area contributed by atoms with Crippen LogP contribution in [0.5, 0.6) is 0 Å². The van der Waals surface area contributed by atoms with Crippen molar-refractivity contribution in [2.24, 2.45) is 0 Å². The van der Waals surface area contributed by atoms with Gasteiger partial charge in [0, 0.05) is 0 Å². The summed E-state index contributed by atoms with van der Waals surface area (Å²) in [4.78, 5) is 0. The third-order valence-corrected chi connectivity index (χ3v) is 12.7. The molecule has 0 amide bonds. The van der Waals surface area contributed by atoms with Crippen molar-refractivity contribution < 1.29 is 15.7 Å². The van der Waals surface area contributed by atoms with Crippen molar-refractivity contribution in [1.82, 2.24) is 7.77 Å². The van der Waals surface area contributed by atoms with Gasteiger partial charge in [0.25, 0.3) is 0 Å². The molecule has 0 saturated carbocycles. The molecule has 46 heavy (non-hydrogen) atoms. The summed E-state index contributed by atoms with van der Waals surface area (Å²) in [5.41, 5.74) is 5.18. The van der Waals surface area contributed by atoms with Gasteiger partial charge < -0.3 is 6.92 Å². The van der Waals surface area contributed by atoms with E-state index in [-0.39, 0.29) is 30.7 Å². The van der Waals surface area contributed by atoms with Crippen LogP contribution in [-0.4, -0.2) is 48.8 Å². The van der Waals surface area contributed by atoms with Crippen molar-refractivity contribution in [3.8, 4) is 0 Å². The molecule has 5 aromatic carbocycles. The van der Waals surface area contributed by atoms with Gasteiger partial charge in [-0.25, -0.2) is 0 Å². The molecule has 0 fully saturated rings. The molecule has 0 bridgehead atoms. The van der Waals surface area contributed by atoms with Crippen molar-refractivity contribution in [3.05, 3.63) is 194 Å². The van der Waals surface area contributed by atoms with Crippen LogP contribution in [0.4, 0.5) is 0 Å². The van der Waals surface area contributed by atoms with Crippen molar-refractivity contribution in [1.29, 1.82) is 0 Å². The summed E-state index contributed by atoms with van der Waals surface area (Å²) < 4.78 is 5.30. The minimum atomic E-state index is -0.877. The van der Waals surface area contributed by atoms with Crippen LogP contribution in [0.1, 0.15) is 23.6 Å². The van der Waals surface area contributed by atoms with E-state index in [9.17, 15) is 0 Å². The Morgan fingerprint density at radius 3 is 1.50 bits per heavy atom. The fourth-order valence-electron chi connectivity index (χ4n) is 4.92. The maximum atomic E-state index is 6.10. The van der Waals surface area contributed by atoms with Crippen LogP contribution >= 0.6 is 17.6 Å². The number of hydrogen-bond acceptors (Lipinski definition) is 2. The van der Waals surface area contributed by atoms with E-state index in [1.807, 2.05) is 29.0 Å². The minimum Gasteiger partial charge on any atom is -0.0620 e. The molecule has 5 aromatic rings. The molecule has 0 saturated heterocycles. The Balaban J connectivity index is 0.000000163. The van der Waals surface area contributed by atoms with Gasteiger partial charge in [0.05, 0.1) is 7.92 Å². The van der Waals surface area contributed by atoms with Gasteiger partial charge in [0.15, 0.2) is 0 Å². The van der Waals surface area contributed by atoms with E-state index in [1.54, 1.807) is 6.92 Å². The van der Waals surface area contributed by atoms with Gasteiger partial charge >= 0.3 is 176 Å². The number of benzene rings is 5. The van der Waals surface area contributed by atoms with Crippen LogP contribution in [0.15, 0.2) is 164 Å². The van der Waals surface area contributed by atoms with E-state index in [0.29, 0.717) is 0 Å². The number of halogens is 1. The third kappa shape index (κ3) is 10.2.